The van der Waals surface area contributed by atoms with E-state index in [1.54, 1.807) is 11.3 Å². The monoisotopic (exact) mass is 376 g/mol. The Hall–Kier alpha value is -2.20. The Morgan fingerprint density at radius 1 is 1.44 bits per heavy atom. The van der Waals surface area contributed by atoms with Gasteiger partial charge in [-0.15, -0.1) is 10.2 Å². The van der Waals surface area contributed by atoms with Crippen LogP contribution >= 0.6 is 23.1 Å². The van der Waals surface area contributed by atoms with E-state index in [-0.39, 0.29) is 12.3 Å². The molecule has 3 aromatic heterocycles. The summed E-state index contributed by atoms with van der Waals surface area (Å²) in [7, 11) is 0. The minimum absolute atomic E-state index is 0.272. The summed E-state index contributed by atoms with van der Waals surface area (Å²) in [6.07, 6.45) is 2.51. The van der Waals surface area contributed by atoms with Gasteiger partial charge in [0, 0.05) is 29.8 Å². The van der Waals surface area contributed by atoms with Gasteiger partial charge in [-0.3, -0.25) is 4.79 Å². The molecule has 3 aromatic rings. The molecule has 0 aromatic carbocycles. The standard InChI is InChI=1S/C15H16N6O2S2/c16-11(22)3-5-21-14(9-1-2-9)18-19-15(21)25-8-12-17-13(20-23-12)10-4-6-24-7-10/h4,6-7,9H,1-3,5,8H2,(H2,16,22). The third-order valence-corrected chi connectivity index (χ3v) is 5.48. The summed E-state index contributed by atoms with van der Waals surface area (Å²) in [5, 5.41) is 17.2. The quantitative estimate of drug-likeness (QED) is 0.601. The smallest absolute Gasteiger partial charge is 0.237 e. The van der Waals surface area contributed by atoms with E-state index >= 15 is 0 Å². The zero-order valence-electron chi connectivity index (χ0n) is 13.3. The van der Waals surface area contributed by atoms with Crippen molar-refractivity contribution in [2.45, 2.75) is 42.6 Å². The third kappa shape index (κ3) is 3.74. The van der Waals surface area contributed by atoms with Crippen molar-refractivity contribution in [2.75, 3.05) is 0 Å². The Labute approximate surface area is 151 Å². The lowest BCUT2D eigenvalue weighted by atomic mass is 10.3. The number of carbonyl (C=O) groups excluding carboxylic acids is 1. The van der Waals surface area contributed by atoms with Crippen molar-refractivity contribution in [1.82, 2.24) is 24.9 Å². The zero-order valence-corrected chi connectivity index (χ0v) is 14.9. The largest absolute Gasteiger partial charge is 0.370 e. The maximum Gasteiger partial charge on any atom is 0.237 e. The number of carbonyl (C=O) groups is 1. The molecule has 1 fully saturated rings. The summed E-state index contributed by atoms with van der Waals surface area (Å²) >= 11 is 3.06. The van der Waals surface area contributed by atoms with E-state index in [0.717, 1.165) is 29.4 Å². The molecule has 0 bridgehead atoms. The van der Waals surface area contributed by atoms with Crippen LogP contribution in [0.25, 0.3) is 11.4 Å². The van der Waals surface area contributed by atoms with Crippen LogP contribution in [-0.2, 0) is 17.1 Å². The number of thiophene rings is 1. The first kappa shape index (κ1) is 16.3. The molecule has 1 aliphatic rings. The molecule has 25 heavy (non-hydrogen) atoms. The van der Waals surface area contributed by atoms with E-state index in [4.69, 9.17) is 10.3 Å². The van der Waals surface area contributed by atoms with Crippen LogP contribution in [-0.4, -0.2) is 30.8 Å². The molecule has 0 saturated heterocycles. The Morgan fingerprint density at radius 3 is 3.04 bits per heavy atom. The Bertz CT molecular complexity index is 869. The van der Waals surface area contributed by atoms with E-state index in [0.29, 0.717) is 29.9 Å². The Balaban J connectivity index is 1.46. The molecular formula is C15H16N6O2S2. The maximum absolute atomic E-state index is 11.1. The molecule has 0 atom stereocenters. The molecule has 0 unspecified atom stereocenters. The fourth-order valence-electron chi connectivity index (χ4n) is 2.43. The van der Waals surface area contributed by atoms with Crippen LogP contribution in [0.2, 0.25) is 0 Å². The average molecular weight is 376 g/mol. The van der Waals surface area contributed by atoms with Crippen molar-refractivity contribution in [3.8, 4) is 11.4 Å². The minimum atomic E-state index is -0.330. The molecule has 1 saturated carbocycles. The van der Waals surface area contributed by atoms with Crippen LogP contribution in [0.1, 0.15) is 36.9 Å². The first-order chi connectivity index (χ1) is 12.2. The van der Waals surface area contributed by atoms with Crippen molar-refractivity contribution in [3.05, 3.63) is 28.5 Å². The van der Waals surface area contributed by atoms with Crippen molar-refractivity contribution >= 4 is 29.0 Å². The van der Waals surface area contributed by atoms with Crippen LogP contribution in [0.4, 0.5) is 0 Å². The molecule has 8 nitrogen and oxygen atoms in total. The molecule has 1 amide bonds. The highest BCUT2D eigenvalue weighted by Gasteiger charge is 2.30. The zero-order chi connectivity index (χ0) is 17.2. The molecule has 2 N–H and O–H groups in total. The van der Waals surface area contributed by atoms with Gasteiger partial charge in [0.1, 0.15) is 5.82 Å². The second-order valence-electron chi connectivity index (χ2n) is 5.80. The minimum Gasteiger partial charge on any atom is -0.370 e. The number of nitrogens with zero attached hydrogens (tertiary/aromatic N) is 5. The van der Waals surface area contributed by atoms with Gasteiger partial charge in [-0.1, -0.05) is 16.9 Å². The summed E-state index contributed by atoms with van der Waals surface area (Å²) in [5.74, 6) is 2.67. The lowest BCUT2D eigenvalue weighted by molar-refractivity contribution is -0.118. The lowest BCUT2D eigenvalue weighted by Gasteiger charge is -2.07. The van der Waals surface area contributed by atoms with Gasteiger partial charge in [-0.25, -0.2) is 0 Å². The summed E-state index contributed by atoms with van der Waals surface area (Å²) in [5.41, 5.74) is 6.23. The lowest BCUT2D eigenvalue weighted by Crippen LogP contribution is -2.15. The van der Waals surface area contributed by atoms with Gasteiger partial charge >= 0.3 is 0 Å². The van der Waals surface area contributed by atoms with Crippen molar-refractivity contribution in [1.29, 1.82) is 0 Å². The number of primary amides is 1. The van der Waals surface area contributed by atoms with Crippen LogP contribution in [0, 0.1) is 0 Å². The molecular weight excluding hydrogens is 360 g/mol. The predicted molar refractivity (Wildman–Crippen MR) is 93.0 cm³/mol. The second kappa shape index (κ2) is 6.96. The molecule has 0 spiro atoms. The summed E-state index contributed by atoms with van der Waals surface area (Å²) < 4.78 is 7.30. The maximum atomic E-state index is 11.1. The third-order valence-electron chi connectivity index (χ3n) is 3.84. The first-order valence-electron chi connectivity index (χ1n) is 7.90. The fraction of sp³-hybridized carbons (Fsp3) is 0.400. The van der Waals surface area contributed by atoms with Crippen molar-refractivity contribution in [3.63, 3.8) is 0 Å². The summed E-state index contributed by atoms with van der Waals surface area (Å²) in [4.78, 5) is 15.5. The molecule has 3 heterocycles. The van der Waals surface area contributed by atoms with Crippen LogP contribution < -0.4 is 5.73 Å². The van der Waals surface area contributed by atoms with Crippen molar-refractivity contribution in [2.24, 2.45) is 5.73 Å². The van der Waals surface area contributed by atoms with Gasteiger partial charge < -0.3 is 14.8 Å². The van der Waals surface area contributed by atoms with E-state index in [2.05, 4.69) is 20.3 Å². The number of nitrogens with two attached hydrogens (primary N) is 1. The van der Waals surface area contributed by atoms with E-state index in [9.17, 15) is 4.79 Å². The molecule has 0 aliphatic heterocycles. The first-order valence-corrected chi connectivity index (χ1v) is 9.83. The highest BCUT2D eigenvalue weighted by Crippen LogP contribution is 2.40. The topological polar surface area (TPSA) is 113 Å². The molecule has 1 aliphatic carbocycles. The van der Waals surface area contributed by atoms with Gasteiger partial charge in [0.2, 0.25) is 17.6 Å². The predicted octanol–water partition coefficient (Wildman–Crippen LogP) is 2.43. The van der Waals surface area contributed by atoms with E-state index < -0.39 is 0 Å². The van der Waals surface area contributed by atoms with Crippen molar-refractivity contribution < 1.29 is 9.32 Å². The number of aromatic nitrogens is 5. The van der Waals surface area contributed by atoms with Gasteiger partial charge in [0.15, 0.2) is 5.16 Å². The number of amides is 1. The van der Waals surface area contributed by atoms with E-state index in [1.165, 1.54) is 11.8 Å². The summed E-state index contributed by atoms with van der Waals surface area (Å²) in [6, 6.07) is 1.95. The fourth-order valence-corrected chi connectivity index (χ4v) is 3.87. The number of rotatable bonds is 8. The van der Waals surface area contributed by atoms with Gasteiger partial charge in [-0.05, 0) is 24.3 Å². The van der Waals surface area contributed by atoms with Gasteiger partial charge in [-0.2, -0.15) is 16.3 Å². The molecule has 10 heteroatoms. The number of hydrogen-bond donors (Lipinski definition) is 1. The van der Waals surface area contributed by atoms with Crippen LogP contribution in [0.5, 0.6) is 0 Å². The molecule has 130 valence electrons. The number of thioether (sulfide) groups is 1. The van der Waals surface area contributed by atoms with Crippen LogP contribution in [0.3, 0.4) is 0 Å². The average Bonchev–Trinajstić information content (AvgIpc) is 3.04. The Morgan fingerprint density at radius 2 is 2.32 bits per heavy atom. The normalized spacial score (nSPS) is 14.1. The van der Waals surface area contributed by atoms with E-state index in [1.807, 2.05) is 21.4 Å². The molecule has 0 radical (unpaired) electrons. The number of hydrogen-bond acceptors (Lipinski definition) is 8. The highest BCUT2D eigenvalue weighted by molar-refractivity contribution is 7.98. The van der Waals surface area contributed by atoms with Gasteiger partial charge in [0.05, 0.1) is 5.75 Å². The second-order valence-corrected chi connectivity index (χ2v) is 7.52. The SMILES string of the molecule is NC(=O)CCn1c(SCc2nc(-c3ccsc3)no2)nnc1C1CC1. The summed E-state index contributed by atoms with van der Waals surface area (Å²) in [6.45, 7) is 0.500. The molecule has 4 rings (SSSR count). The Kier molecular flexibility index (Phi) is 4.53. The highest BCUT2D eigenvalue weighted by atomic mass is 32.2. The van der Waals surface area contributed by atoms with Gasteiger partial charge in [0.25, 0.3) is 0 Å². The van der Waals surface area contributed by atoms with Crippen LogP contribution in [0.15, 0.2) is 26.5 Å².